The van der Waals surface area contributed by atoms with Crippen molar-refractivity contribution in [1.29, 1.82) is 0 Å². The van der Waals surface area contributed by atoms with E-state index in [9.17, 15) is 14.2 Å². The summed E-state index contributed by atoms with van der Waals surface area (Å²) in [6.45, 7) is 10.8. The number of carbonyl (C=O) groups is 2. The monoisotopic (exact) mass is 614 g/mol. The van der Waals surface area contributed by atoms with Crippen molar-refractivity contribution in [3.63, 3.8) is 0 Å². The number of hydrogen-bond donors (Lipinski definition) is 4. The largest absolute Gasteiger partial charge is 0.478 e. The van der Waals surface area contributed by atoms with Crippen LogP contribution in [0.3, 0.4) is 0 Å². The fraction of sp³-hybridized carbons (Fsp3) is 0.548. The number of rotatable bonds is 16. The number of aromatic carboxylic acids is 2. The first kappa shape index (κ1) is 41.5. The number of phosphoric ester groups is 1. The van der Waals surface area contributed by atoms with E-state index in [2.05, 4.69) is 20.8 Å². The molecule has 0 aliphatic carbocycles. The van der Waals surface area contributed by atoms with Crippen molar-refractivity contribution in [1.82, 2.24) is 0 Å². The van der Waals surface area contributed by atoms with Crippen LogP contribution in [0.5, 0.6) is 0 Å². The molecule has 0 aliphatic heterocycles. The average molecular weight is 615 g/mol. The number of carboxylic acid groups (broad SMARTS) is 2. The lowest BCUT2D eigenvalue weighted by Gasteiger charge is -2.17. The van der Waals surface area contributed by atoms with E-state index in [1.54, 1.807) is 74.5 Å². The zero-order valence-electron chi connectivity index (χ0n) is 25.7. The molecule has 2 rings (SSSR count). The van der Waals surface area contributed by atoms with Gasteiger partial charge in [-0.25, -0.2) is 14.2 Å². The average Bonchev–Trinajstić information content (AvgIpc) is 2.95. The molecule has 0 heterocycles. The molecular formula is C31H51O10P. The molecule has 11 heteroatoms. The Bertz CT molecular complexity index is 864. The molecule has 4 N–H and O–H groups in total. The SMILES string of the molecule is CC(O)CC(C)O.CCCCOP(=O)(OCCCC)OCCCC.O=C(O)c1ccccc1.O=C(O)c1ccccc1. The summed E-state index contributed by atoms with van der Waals surface area (Å²) in [6.07, 6.45) is 5.35. The van der Waals surface area contributed by atoms with Crippen molar-refractivity contribution in [2.75, 3.05) is 19.8 Å². The summed E-state index contributed by atoms with van der Waals surface area (Å²) in [5, 5.41) is 33.9. The van der Waals surface area contributed by atoms with Crippen LogP contribution in [-0.2, 0) is 18.1 Å². The molecule has 2 atom stereocenters. The lowest BCUT2D eigenvalue weighted by molar-refractivity contribution is 0.0686. The zero-order valence-corrected chi connectivity index (χ0v) is 26.6. The van der Waals surface area contributed by atoms with Crippen LogP contribution in [-0.4, -0.2) is 64.4 Å². The van der Waals surface area contributed by atoms with Crippen LogP contribution in [0.1, 0.15) is 100 Å². The molecule has 0 fully saturated rings. The van der Waals surface area contributed by atoms with Gasteiger partial charge in [-0.15, -0.1) is 0 Å². The maximum atomic E-state index is 12.2. The summed E-state index contributed by atoms with van der Waals surface area (Å²) in [5.74, 6) is -1.76. The number of aliphatic hydroxyl groups is 2. The second-order valence-corrected chi connectivity index (χ2v) is 11.0. The Morgan fingerprint density at radius 2 is 0.929 bits per heavy atom. The number of phosphoric acid groups is 1. The Balaban J connectivity index is 0. The molecule has 2 aromatic carbocycles. The van der Waals surface area contributed by atoms with Crippen LogP contribution in [0, 0.1) is 0 Å². The van der Waals surface area contributed by atoms with Gasteiger partial charge in [-0.05, 0) is 63.8 Å². The van der Waals surface area contributed by atoms with Crippen molar-refractivity contribution >= 4 is 19.8 Å². The van der Waals surface area contributed by atoms with Gasteiger partial charge in [0.05, 0.1) is 43.2 Å². The summed E-state index contributed by atoms with van der Waals surface area (Å²) in [6, 6.07) is 16.6. The molecule has 0 saturated heterocycles. The fourth-order valence-electron chi connectivity index (χ4n) is 2.73. The highest BCUT2D eigenvalue weighted by atomic mass is 31.2. The summed E-state index contributed by atoms with van der Waals surface area (Å²) >= 11 is 0. The molecule has 0 aliphatic rings. The standard InChI is InChI=1S/C12H27O4P.2C7H6O2.C5H12O2/c1-4-7-10-14-17(13,15-11-8-5-2)16-12-9-6-3;2*8-7(9)6-4-2-1-3-5-6;1-4(6)3-5(2)7/h4-12H2,1-3H3;2*1-5H,(H,8,9);4-7H,3H2,1-2H3. The second-order valence-electron chi connectivity index (χ2n) is 9.28. The molecule has 240 valence electrons. The van der Waals surface area contributed by atoms with Crippen LogP contribution < -0.4 is 0 Å². The molecule has 2 aromatic rings. The Labute approximate surface area is 251 Å². The lowest BCUT2D eigenvalue weighted by Crippen LogP contribution is -2.10. The van der Waals surface area contributed by atoms with Gasteiger partial charge in [-0.1, -0.05) is 76.4 Å². The first-order chi connectivity index (χ1) is 19.9. The minimum Gasteiger partial charge on any atom is -0.478 e. The van der Waals surface area contributed by atoms with Crippen LogP contribution in [0.2, 0.25) is 0 Å². The van der Waals surface area contributed by atoms with Gasteiger partial charge in [0, 0.05) is 0 Å². The number of aliphatic hydroxyl groups excluding tert-OH is 2. The predicted molar refractivity (Wildman–Crippen MR) is 165 cm³/mol. The molecule has 0 bridgehead atoms. The second kappa shape index (κ2) is 27.3. The first-order valence-corrected chi connectivity index (χ1v) is 15.8. The van der Waals surface area contributed by atoms with Gasteiger partial charge >= 0.3 is 19.8 Å². The fourth-order valence-corrected chi connectivity index (χ4v) is 4.01. The molecule has 0 amide bonds. The highest BCUT2D eigenvalue weighted by Gasteiger charge is 2.25. The van der Waals surface area contributed by atoms with Gasteiger partial charge in [-0.2, -0.15) is 0 Å². The Kier molecular flexibility index (Phi) is 27.0. The van der Waals surface area contributed by atoms with Crippen LogP contribution >= 0.6 is 7.82 Å². The van der Waals surface area contributed by atoms with E-state index in [-0.39, 0.29) is 12.2 Å². The Hall–Kier alpha value is -2.59. The van der Waals surface area contributed by atoms with Gasteiger partial charge in [0.25, 0.3) is 0 Å². The van der Waals surface area contributed by atoms with Gasteiger partial charge in [0.2, 0.25) is 0 Å². The van der Waals surface area contributed by atoms with Crippen LogP contribution in [0.25, 0.3) is 0 Å². The lowest BCUT2D eigenvalue weighted by atomic mass is 10.2. The molecule has 0 aromatic heterocycles. The molecule has 0 saturated carbocycles. The molecule has 10 nitrogen and oxygen atoms in total. The highest BCUT2D eigenvalue weighted by Crippen LogP contribution is 2.49. The predicted octanol–water partition coefficient (Wildman–Crippen LogP) is 7.45. The zero-order chi connectivity index (χ0) is 32.2. The number of unbranched alkanes of at least 4 members (excludes halogenated alkanes) is 3. The molecule has 42 heavy (non-hydrogen) atoms. The van der Waals surface area contributed by atoms with Crippen molar-refractivity contribution in [2.45, 2.75) is 91.8 Å². The smallest absolute Gasteiger partial charge is 0.474 e. The van der Waals surface area contributed by atoms with E-state index >= 15 is 0 Å². The van der Waals surface area contributed by atoms with Crippen molar-refractivity contribution in [3.05, 3.63) is 71.8 Å². The third kappa shape index (κ3) is 26.3. The number of carboxylic acids is 2. The topological polar surface area (TPSA) is 160 Å². The van der Waals surface area contributed by atoms with E-state index in [1.165, 1.54) is 0 Å². The summed E-state index contributed by atoms with van der Waals surface area (Å²) in [4.78, 5) is 20.4. The Morgan fingerprint density at radius 1 is 0.643 bits per heavy atom. The highest BCUT2D eigenvalue weighted by molar-refractivity contribution is 7.48. The third-order valence-electron chi connectivity index (χ3n) is 4.97. The summed E-state index contributed by atoms with van der Waals surface area (Å²) in [7, 11) is -3.31. The van der Waals surface area contributed by atoms with E-state index in [0.717, 1.165) is 38.5 Å². The maximum Gasteiger partial charge on any atom is 0.474 e. The van der Waals surface area contributed by atoms with Crippen molar-refractivity contribution in [2.24, 2.45) is 0 Å². The van der Waals surface area contributed by atoms with Gasteiger partial charge < -0.3 is 20.4 Å². The van der Waals surface area contributed by atoms with Gasteiger partial charge in [0.1, 0.15) is 0 Å². The van der Waals surface area contributed by atoms with E-state index in [0.29, 0.717) is 37.4 Å². The van der Waals surface area contributed by atoms with E-state index in [1.807, 2.05) is 0 Å². The van der Waals surface area contributed by atoms with Crippen molar-refractivity contribution in [3.8, 4) is 0 Å². The van der Waals surface area contributed by atoms with Gasteiger partial charge in [0.15, 0.2) is 0 Å². The van der Waals surface area contributed by atoms with Crippen LogP contribution in [0.4, 0.5) is 0 Å². The minimum absolute atomic E-state index is 0.331. The van der Waals surface area contributed by atoms with E-state index < -0.39 is 19.8 Å². The molecule has 0 spiro atoms. The molecular weight excluding hydrogens is 563 g/mol. The van der Waals surface area contributed by atoms with Crippen molar-refractivity contribution < 1.29 is 48.2 Å². The molecule has 2 unspecified atom stereocenters. The summed E-state index contributed by atoms with van der Waals surface area (Å²) < 4.78 is 28.0. The first-order valence-electron chi connectivity index (χ1n) is 14.4. The number of hydrogen-bond acceptors (Lipinski definition) is 8. The minimum atomic E-state index is -3.31. The molecule has 0 radical (unpaired) electrons. The summed E-state index contributed by atoms with van der Waals surface area (Å²) in [5.41, 5.74) is 0.662. The quantitative estimate of drug-likeness (QED) is 0.110. The van der Waals surface area contributed by atoms with E-state index in [4.69, 9.17) is 34.0 Å². The van der Waals surface area contributed by atoms with Gasteiger partial charge in [-0.3, -0.25) is 13.6 Å². The normalized spacial score (nSPS) is 11.8. The maximum absolute atomic E-state index is 12.2. The Morgan fingerprint density at radius 3 is 1.10 bits per heavy atom. The van der Waals surface area contributed by atoms with Crippen LogP contribution in [0.15, 0.2) is 60.7 Å². The third-order valence-corrected chi connectivity index (χ3v) is 6.46. The number of benzene rings is 2.